The fourth-order valence-electron chi connectivity index (χ4n) is 1.18. The van der Waals surface area contributed by atoms with Crippen LogP contribution in [0.25, 0.3) is 0 Å². The SMILES string of the molecule is C=C[C@@H](OC(C)=O)[C@@H]1OC1(C)C. The molecule has 0 aromatic rings. The van der Waals surface area contributed by atoms with Crippen LogP contribution in [0.15, 0.2) is 12.7 Å². The van der Waals surface area contributed by atoms with Crippen LogP contribution in [0.5, 0.6) is 0 Å². The minimum atomic E-state index is -0.308. The van der Waals surface area contributed by atoms with Crippen molar-refractivity contribution in [2.45, 2.75) is 38.6 Å². The van der Waals surface area contributed by atoms with Crippen molar-refractivity contribution in [3.8, 4) is 0 Å². The molecule has 0 N–H and O–H groups in total. The molecule has 1 aliphatic rings. The summed E-state index contributed by atoms with van der Waals surface area (Å²) in [6, 6.07) is 0. The van der Waals surface area contributed by atoms with Crippen LogP contribution < -0.4 is 0 Å². The molecule has 1 saturated heterocycles. The maximum Gasteiger partial charge on any atom is 0.303 e. The first kappa shape index (κ1) is 9.26. The van der Waals surface area contributed by atoms with Gasteiger partial charge < -0.3 is 9.47 Å². The third kappa shape index (κ3) is 1.85. The zero-order valence-corrected chi connectivity index (χ0v) is 7.66. The van der Waals surface area contributed by atoms with E-state index in [0.29, 0.717) is 0 Å². The van der Waals surface area contributed by atoms with E-state index in [-0.39, 0.29) is 23.8 Å². The third-order valence-corrected chi connectivity index (χ3v) is 1.89. The zero-order chi connectivity index (χ0) is 9.35. The van der Waals surface area contributed by atoms with Crippen molar-refractivity contribution in [2.24, 2.45) is 0 Å². The number of carbonyl (C=O) groups excluding carboxylic acids is 1. The Bertz CT molecular complexity index is 208. The van der Waals surface area contributed by atoms with Gasteiger partial charge in [-0.05, 0) is 19.9 Å². The van der Waals surface area contributed by atoms with Crippen LogP contribution in [0.3, 0.4) is 0 Å². The van der Waals surface area contributed by atoms with Crippen LogP contribution in [0, 0.1) is 0 Å². The molecule has 12 heavy (non-hydrogen) atoms. The fraction of sp³-hybridized carbons (Fsp3) is 0.667. The van der Waals surface area contributed by atoms with Gasteiger partial charge in [0.2, 0.25) is 0 Å². The van der Waals surface area contributed by atoms with Crippen molar-refractivity contribution in [2.75, 3.05) is 0 Å². The third-order valence-electron chi connectivity index (χ3n) is 1.89. The van der Waals surface area contributed by atoms with Crippen LogP contribution in [0.4, 0.5) is 0 Å². The normalized spacial score (nSPS) is 27.4. The summed E-state index contributed by atoms with van der Waals surface area (Å²) >= 11 is 0. The highest BCUT2D eigenvalue weighted by Crippen LogP contribution is 2.39. The number of epoxide rings is 1. The number of carbonyl (C=O) groups is 1. The van der Waals surface area contributed by atoms with Crippen molar-refractivity contribution < 1.29 is 14.3 Å². The van der Waals surface area contributed by atoms with Crippen LogP contribution in [0.1, 0.15) is 20.8 Å². The Balaban J connectivity index is 2.48. The number of esters is 1. The van der Waals surface area contributed by atoms with Gasteiger partial charge in [0.1, 0.15) is 12.2 Å². The maximum absolute atomic E-state index is 10.6. The smallest absolute Gasteiger partial charge is 0.303 e. The Morgan fingerprint density at radius 1 is 1.75 bits per heavy atom. The van der Waals surface area contributed by atoms with Crippen LogP contribution in [-0.2, 0) is 14.3 Å². The fourth-order valence-corrected chi connectivity index (χ4v) is 1.18. The topological polar surface area (TPSA) is 38.8 Å². The van der Waals surface area contributed by atoms with Gasteiger partial charge in [-0.25, -0.2) is 0 Å². The Kier molecular flexibility index (Phi) is 2.24. The van der Waals surface area contributed by atoms with Crippen molar-refractivity contribution in [1.82, 2.24) is 0 Å². The lowest BCUT2D eigenvalue weighted by Crippen LogP contribution is -2.23. The monoisotopic (exact) mass is 170 g/mol. The molecule has 1 fully saturated rings. The van der Waals surface area contributed by atoms with Gasteiger partial charge in [0.25, 0.3) is 0 Å². The Labute approximate surface area is 72.4 Å². The molecule has 3 heteroatoms. The average Bonchev–Trinajstić information content (AvgIpc) is 2.54. The second-order valence-electron chi connectivity index (χ2n) is 3.45. The summed E-state index contributed by atoms with van der Waals surface area (Å²) in [5.74, 6) is -0.300. The first-order chi connectivity index (χ1) is 5.47. The van der Waals surface area contributed by atoms with Crippen LogP contribution in [-0.4, -0.2) is 23.8 Å². The molecule has 0 saturated carbocycles. The second kappa shape index (κ2) is 2.90. The molecule has 0 aromatic carbocycles. The number of ether oxygens (including phenoxy) is 2. The molecule has 1 aliphatic heterocycles. The Morgan fingerprint density at radius 2 is 2.25 bits per heavy atom. The van der Waals surface area contributed by atoms with E-state index in [0.717, 1.165) is 0 Å². The minimum Gasteiger partial charge on any atom is -0.455 e. The van der Waals surface area contributed by atoms with Gasteiger partial charge in [-0.1, -0.05) is 6.58 Å². The van der Waals surface area contributed by atoms with Gasteiger partial charge in [-0.15, -0.1) is 0 Å². The summed E-state index contributed by atoms with van der Waals surface area (Å²) in [6.45, 7) is 8.88. The van der Waals surface area contributed by atoms with Crippen molar-refractivity contribution in [3.63, 3.8) is 0 Å². The predicted octanol–water partition coefficient (Wildman–Crippen LogP) is 1.28. The van der Waals surface area contributed by atoms with Gasteiger partial charge in [-0.3, -0.25) is 4.79 Å². The molecule has 0 aliphatic carbocycles. The summed E-state index contributed by atoms with van der Waals surface area (Å²) in [4.78, 5) is 10.6. The molecule has 0 spiro atoms. The van der Waals surface area contributed by atoms with E-state index in [1.807, 2.05) is 13.8 Å². The summed E-state index contributed by atoms with van der Waals surface area (Å²) in [5, 5.41) is 0. The van der Waals surface area contributed by atoms with E-state index >= 15 is 0 Å². The molecule has 1 rings (SSSR count). The number of hydrogen-bond acceptors (Lipinski definition) is 3. The largest absolute Gasteiger partial charge is 0.455 e. The van der Waals surface area contributed by atoms with Crippen molar-refractivity contribution in [1.29, 1.82) is 0 Å². The maximum atomic E-state index is 10.6. The van der Waals surface area contributed by atoms with E-state index in [2.05, 4.69) is 6.58 Å². The first-order valence-corrected chi connectivity index (χ1v) is 3.95. The quantitative estimate of drug-likeness (QED) is 0.364. The number of hydrogen-bond donors (Lipinski definition) is 0. The molecular weight excluding hydrogens is 156 g/mol. The van der Waals surface area contributed by atoms with Gasteiger partial charge in [0, 0.05) is 6.92 Å². The Hall–Kier alpha value is -0.830. The van der Waals surface area contributed by atoms with E-state index in [1.165, 1.54) is 6.92 Å². The standard InChI is InChI=1S/C9H14O3/c1-5-7(11-6(2)10)8-9(3,4)12-8/h5,7-8H,1H2,2-4H3/t7-,8+/m1/s1. The molecule has 0 amide bonds. The van der Waals surface area contributed by atoms with Gasteiger partial charge in [0.05, 0.1) is 5.60 Å². The summed E-state index contributed by atoms with van der Waals surface area (Å²) in [7, 11) is 0. The van der Waals surface area contributed by atoms with Crippen molar-refractivity contribution in [3.05, 3.63) is 12.7 Å². The number of rotatable bonds is 3. The van der Waals surface area contributed by atoms with Crippen LogP contribution >= 0.6 is 0 Å². The molecule has 1 heterocycles. The second-order valence-corrected chi connectivity index (χ2v) is 3.45. The summed E-state index contributed by atoms with van der Waals surface area (Å²) in [6.07, 6.45) is 1.26. The average molecular weight is 170 g/mol. The van der Waals surface area contributed by atoms with E-state index in [9.17, 15) is 4.79 Å². The van der Waals surface area contributed by atoms with Gasteiger partial charge >= 0.3 is 5.97 Å². The van der Waals surface area contributed by atoms with Gasteiger partial charge in [0.15, 0.2) is 0 Å². The molecular formula is C9H14O3. The highest BCUT2D eigenvalue weighted by atomic mass is 16.6. The predicted molar refractivity (Wildman–Crippen MR) is 44.7 cm³/mol. The molecule has 0 radical (unpaired) electrons. The summed E-state index contributed by atoms with van der Waals surface area (Å²) in [5.41, 5.74) is -0.172. The lowest BCUT2D eigenvalue weighted by Gasteiger charge is -2.10. The highest BCUT2D eigenvalue weighted by molar-refractivity contribution is 5.66. The summed E-state index contributed by atoms with van der Waals surface area (Å²) < 4.78 is 10.3. The zero-order valence-electron chi connectivity index (χ0n) is 7.66. The van der Waals surface area contributed by atoms with Crippen molar-refractivity contribution >= 4 is 5.97 Å². The molecule has 3 nitrogen and oxygen atoms in total. The molecule has 68 valence electrons. The Morgan fingerprint density at radius 3 is 2.50 bits per heavy atom. The highest BCUT2D eigenvalue weighted by Gasteiger charge is 2.53. The van der Waals surface area contributed by atoms with E-state index < -0.39 is 0 Å². The lowest BCUT2D eigenvalue weighted by molar-refractivity contribution is -0.144. The molecule has 0 unspecified atom stereocenters. The molecule has 0 bridgehead atoms. The van der Waals surface area contributed by atoms with Gasteiger partial charge in [-0.2, -0.15) is 0 Å². The minimum absolute atomic E-state index is 0.0288. The van der Waals surface area contributed by atoms with E-state index in [4.69, 9.17) is 9.47 Å². The molecule has 0 aromatic heterocycles. The first-order valence-electron chi connectivity index (χ1n) is 3.95. The van der Waals surface area contributed by atoms with E-state index in [1.54, 1.807) is 6.08 Å². The van der Waals surface area contributed by atoms with Crippen LogP contribution in [0.2, 0.25) is 0 Å². The lowest BCUT2D eigenvalue weighted by atomic mass is 10.1. The molecule has 2 atom stereocenters.